The lowest BCUT2D eigenvalue weighted by Gasteiger charge is -2.24. The molecule has 0 saturated heterocycles. The first-order valence-corrected chi connectivity index (χ1v) is 9.92. The maximum absolute atomic E-state index is 13.0. The van der Waals surface area contributed by atoms with Crippen molar-refractivity contribution < 1.29 is 14.1 Å². The minimum absolute atomic E-state index is 0.0274. The van der Waals surface area contributed by atoms with Crippen molar-refractivity contribution >= 4 is 34.2 Å². The lowest BCUT2D eigenvalue weighted by molar-refractivity contribution is -0.122. The average Bonchev–Trinajstić information content (AvgIpc) is 3.42. The van der Waals surface area contributed by atoms with E-state index >= 15 is 0 Å². The Morgan fingerprint density at radius 2 is 2.03 bits per heavy atom. The summed E-state index contributed by atoms with van der Waals surface area (Å²) in [5.41, 5.74) is 2.21. The van der Waals surface area contributed by atoms with Gasteiger partial charge in [-0.15, -0.1) is 10.2 Å². The highest BCUT2D eigenvalue weighted by molar-refractivity contribution is 6.12. The van der Waals surface area contributed by atoms with Gasteiger partial charge in [0.05, 0.1) is 22.7 Å². The second-order valence-corrected chi connectivity index (χ2v) is 7.42. The van der Waals surface area contributed by atoms with Gasteiger partial charge in [0.2, 0.25) is 11.7 Å². The van der Waals surface area contributed by atoms with Gasteiger partial charge in [-0.2, -0.15) is 10.5 Å². The molecule has 0 unspecified atom stereocenters. The molecule has 11 nitrogen and oxygen atoms in total. The number of benzene rings is 2. The van der Waals surface area contributed by atoms with Crippen molar-refractivity contribution in [1.29, 1.82) is 5.26 Å². The number of carbonyl (C=O) groups is 2. The van der Waals surface area contributed by atoms with Gasteiger partial charge in [-0.3, -0.25) is 9.59 Å². The van der Waals surface area contributed by atoms with E-state index in [0.717, 1.165) is 19.3 Å². The van der Waals surface area contributed by atoms with Crippen molar-refractivity contribution in [3.8, 4) is 17.5 Å². The third-order valence-corrected chi connectivity index (χ3v) is 5.41. The molecular weight excluding hydrogens is 412 g/mol. The van der Waals surface area contributed by atoms with Gasteiger partial charge >= 0.3 is 0 Å². The Labute approximate surface area is 180 Å². The molecule has 32 heavy (non-hydrogen) atoms. The van der Waals surface area contributed by atoms with Gasteiger partial charge in [0, 0.05) is 17.2 Å². The van der Waals surface area contributed by atoms with Crippen molar-refractivity contribution in [3.05, 3.63) is 47.7 Å². The fourth-order valence-electron chi connectivity index (χ4n) is 3.46. The van der Waals surface area contributed by atoms with E-state index in [1.165, 1.54) is 0 Å². The largest absolute Gasteiger partial charge is 0.355 e. The third kappa shape index (κ3) is 3.54. The van der Waals surface area contributed by atoms with Crippen molar-refractivity contribution in [3.63, 3.8) is 0 Å². The number of anilines is 2. The number of amides is 2. The lowest BCUT2D eigenvalue weighted by Crippen LogP contribution is -2.27. The summed E-state index contributed by atoms with van der Waals surface area (Å²) in [6.45, 7) is 0. The Hall–Kier alpha value is -4.59. The molecule has 158 valence electrons. The van der Waals surface area contributed by atoms with Crippen LogP contribution in [0.2, 0.25) is 0 Å². The second kappa shape index (κ2) is 7.92. The highest BCUT2D eigenvalue weighted by atomic mass is 16.5. The third-order valence-electron chi connectivity index (χ3n) is 5.41. The summed E-state index contributed by atoms with van der Waals surface area (Å²) in [4.78, 5) is 25.3. The first kappa shape index (κ1) is 19.4. The SMILES string of the molecule is N#Cc1ccc(NC(=O)c2noc3ccc(NC(=O)C4CCC4)cc23)c(-c2nn[nH]n2)c1. The van der Waals surface area contributed by atoms with Gasteiger partial charge in [0.15, 0.2) is 11.3 Å². The minimum atomic E-state index is -0.527. The minimum Gasteiger partial charge on any atom is -0.355 e. The van der Waals surface area contributed by atoms with Gasteiger partial charge in [0.25, 0.3) is 5.91 Å². The topological polar surface area (TPSA) is 162 Å². The van der Waals surface area contributed by atoms with E-state index in [2.05, 4.69) is 36.4 Å². The first-order valence-electron chi connectivity index (χ1n) is 9.92. The number of hydrogen-bond acceptors (Lipinski definition) is 8. The number of nitrogens with one attached hydrogen (secondary N) is 3. The lowest BCUT2D eigenvalue weighted by atomic mass is 9.85. The van der Waals surface area contributed by atoms with E-state index in [1.807, 2.05) is 6.07 Å². The molecule has 0 spiro atoms. The maximum Gasteiger partial charge on any atom is 0.278 e. The number of carbonyl (C=O) groups excluding carboxylic acids is 2. The molecule has 0 atom stereocenters. The maximum atomic E-state index is 13.0. The fraction of sp³-hybridized carbons (Fsp3) is 0.190. The Morgan fingerprint density at radius 3 is 2.75 bits per heavy atom. The first-order chi connectivity index (χ1) is 15.6. The van der Waals surface area contributed by atoms with Crippen molar-refractivity contribution in [2.24, 2.45) is 5.92 Å². The van der Waals surface area contributed by atoms with Crippen LogP contribution in [0.3, 0.4) is 0 Å². The molecule has 4 aromatic rings. The van der Waals surface area contributed by atoms with E-state index in [9.17, 15) is 14.9 Å². The summed E-state index contributed by atoms with van der Waals surface area (Å²) in [6, 6.07) is 11.8. The normalized spacial score (nSPS) is 13.3. The fourth-order valence-corrected chi connectivity index (χ4v) is 3.46. The summed E-state index contributed by atoms with van der Waals surface area (Å²) < 4.78 is 5.28. The predicted octanol–water partition coefficient (Wildman–Crippen LogP) is 2.87. The number of fused-ring (bicyclic) bond motifs is 1. The highest BCUT2D eigenvalue weighted by Crippen LogP contribution is 2.30. The van der Waals surface area contributed by atoms with Crippen LogP contribution < -0.4 is 10.6 Å². The van der Waals surface area contributed by atoms with Crippen molar-refractivity contribution in [1.82, 2.24) is 25.8 Å². The average molecular weight is 428 g/mol. The van der Waals surface area contributed by atoms with Crippen LogP contribution >= 0.6 is 0 Å². The molecule has 3 N–H and O–H groups in total. The van der Waals surface area contributed by atoms with E-state index in [1.54, 1.807) is 36.4 Å². The molecule has 11 heteroatoms. The molecule has 1 saturated carbocycles. The number of nitrogens with zero attached hydrogens (tertiary/aromatic N) is 5. The number of aromatic amines is 1. The molecular formula is C21H16N8O3. The van der Waals surface area contributed by atoms with Crippen LogP contribution in [0.5, 0.6) is 0 Å². The Bertz CT molecular complexity index is 1370. The van der Waals surface area contributed by atoms with E-state index in [-0.39, 0.29) is 23.3 Å². The molecule has 0 radical (unpaired) electrons. The summed E-state index contributed by atoms with van der Waals surface area (Å²) in [5, 5.41) is 32.9. The van der Waals surface area contributed by atoms with Crippen LogP contribution in [0.1, 0.15) is 35.3 Å². The zero-order valence-corrected chi connectivity index (χ0v) is 16.6. The summed E-state index contributed by atoms with van der Waals surface area (Å²) in [5.74, 6) is -0.291. The van der Waals surface area contributed by atoms with Gasteiger partial charge < -0.3 is 15.2 Å². The second-order valence-electron chi connectivity index (χ2n) is 7.42. The molecule has 2 amide bonds. The smallest absolute Gasteiger partial charge is 0.278 e. The van der Waals surface area contributed by atoms with Crippen LogP contribution in [-0.4, -0.2) is 37.6 Å². The number of rotatable bonds is 5. The highest BCUT2D eigenvalue weighted by Gasteiger charge is 2.26. The number of tetrazole rings is 1. The Morgan fingerprint density at radius 1 is 1.16 bits per heavy atom. The van der Waals surface area contributed by atoms with Crippen LogP contribution in [0, 0.1) is 17.2 Å². The molecule has 5 rings (SSSR count). The zero-order valence-electron chi connectivity index (χ0n) is 16.6. The zero-order chi connectivity index (χ0) is 22.1. The molecule has 2 heterocycles. The number of H-pyrrole nitrogens is 1. The number of aromatic nitrogens is 5. The molecule has 2 aromatic heterocycles. The van der Waals surface area contributed by atoms with Gasteiger partial charge in [0.1, 0.15) is 0 Å². The van der Waals surface area contributed by atoms with Crippen LogP contribution in [0.25, 0.3) is 22.4 Å². The summed E-state index contributed by atoms with van der Waals surface area (Å²) in [7, 11) is 0. The summed E-state index contributed by atoms with van der Waals surface area (Å²) in [6.07, 6.45) is 2.85. The summed E-state index contributed by atoms with van der Waals surface area (Å²) >= 11 is 0. The molecule has 1 fully saturated rings. The van der Waals surface area contributed by atoms with Crippen LogP contribution in [0.4, 0.5) is 11.4 Å². The van der Waals surface area contributed by atoms with Crippen LogP contribution in [-0.2, 0) is 4.79 Å². The van der Waals surface area contributed by atoms with Crippen molar-refractivity contribution in [2.75, 3.05) is 10.6 Å². The van der Waals surface area contributed by atoms with Gasteiger partial charge in [-0.05, 0) is 54.5 Å². The van der Waals surface area contributed by atoms with E-state index < -0.39 is 5.91 Å². The van der Waals surface area contributed by atoms with E-state index in [4.69, 9.17) is 4.52 Å². The molecule has 0 bridgehead atoms. The molecule has 1 aliphatic carbocycles. The number of hydrogen-bond donors (Lipinski definition) is 3. The van der Waals surface area contributed by atoms with Crippen LogP contribution in [0.15, 0.2) is 40.9 Å². The monoisotopic (exact) mass is 428 g/mol. The van der Waals surface area contributed by atoms with Gasteiger partial charge in [-0.25, -0.2) is 0 Å². The molecule has 2 aromatic carbocycles. The van der Waals surface area contributed by atoms with E-state index in [0.29, 0.717) is 33.5 Å². The molecule has 0 aliphatic heterocycles. The van der Waals surface area contributed by atoms with Crippen molar-refractivity contribution in [2.45, 2.75) is 19.3 Å². The standard InChI is InChI=1S/C21H16N8O3/c22-10-11-4-6-16(14(8-11)19-25-28-29-26-19)24-21(31)18-15-9-13(5-7-17(15)32-27-18)23-20(30)12-2-1-3-12/h4-9,12H,1-3H2,(H,23,30)(H,24,31)(H,25,26,28,29). The Kier molecular flexibility index (Phi) is 4.79. The number of nitriles is 1. The molecule has 1 aliphatic rings. The van der Waals surface area contributed by atoms with Gasteiger partial charge in [-0.1, -0.05) is 11.6 Å². The Balaban J connectivity index is 1.44. The predicted molar refractivity (Wildman–Crippen MR) is 112 cm³/mol. The quantitative estimate of drug-likeness (QED) is 0.437.